The van der Waals surface area contributed by atoms with Crippen molar-refractivity contribution >= 4 is 34.0 Å². The zero-order valence-electron chi connectivity index (χ0n) is 15.4. The van der Waals surface area contributed by atoms with Crippen molar-refractivity contribution in [1.29, 1.82) is 0 Å². The number of thiazole rings is 1. The lowest BCUT2D eigenvalue weighted by Crippen LogP contribution is -2.26. The molecule has 0 saturated carbocycles. The molecule has 3 aromatic heterocycles. The average molecular weight is 389 g/mol. The summed E-state index contributed by atoms with van der Waals surface area (Å²) in [7, 11) is 1.28. The smallest absolute Gasteiger partial charge is 0.339 e. The predicted molar refractivity (Wildman–Crippen MR) is 98.3 cm³/mol. The van der Waals surface area contributed by atoms with Gasteiger partial charge < -0.3 is 14.5 Å². The fraction of sp³-hybridized carbons (Fsp3) is 0.333. The second kappa shape index (κ2) is 7.36. The number of aromatic amines is 1. The van der Waals surface area contributed by atoms with Gasteiger partial charge in [-0.15, -0.1) is 11.3 Å². The Labute approximate surface area is 159 Å². The van der Waals surface area contributed by atoms with Crippen molar-refractivity contribution < 1.29 is 23.9 Å². The van der Waals surface area contributed by atoms with Crippen LogP contribution < -0.4 is 0 Å². The van der Waals surface area contributed by atoms with Gasteiger partial charge in [-0.2, -0.15) is 0 Å². The molecule has 1 atom stereocenters. The van der Waals surface area contributed by atoms with Gasteiger partial charge in [-0.1, -0.05) is 0 Å². The van der Waals surface area contributed by atoms with Crippen LogP contribution in [-0.2, 0) is 20.7 Å². The lowest BCUT2D eigenvalue weighted by Gasteiger charge is -2.11. The number of ketones is 1. The molecule has 1 N–H and O–H groups in total. The number of fused-ring (bicyclic) bond motifs is 1. The average Bonchev–Trinajstić information content (AvgIpc) is 3.27. The van der Waals surface area contributed by atoms with Crippen molar-refractivity contribution in [2.75, 3.05) is 7.11 Å². The number of aryl methyl sites for hydroxylation is 1. The number of aromatic nitrogens is 3. The van der Waals surface area contributed by atoms with Gasteiger partial charge in [0.05, 0.1) is 30.5 Å². The second-order valence-electron chi connectivity index (χ2n) is 6.11. The number of nitrogens with zero attached hydrogens (tertiary/aromatic N) is 2. The number of imidazole rings is 1. The Hall–Kier alpha value is -2.94. The van der Waals surface area contributed by atoms with E-state index in [1.165, 1.54) is 25.4 Å². The number of Topliss-reactive ketones (excluding diaryl/α,β-unsaturated/α-hetero) is 1. The van der Waals surface area contributed by atoms with E-state index >= 15 is 0 Å². The number of ether oxygens (including phenoxy) is 2. The highest BCUT2D eigenvalue weighted by atomic mass is 32.1. The minimum Gasteiger partial charge on any atom is -0.465 e. The number of rotatable bonds is 6. The fourth-order valence-corrected chi connectivity index (χ4v) is 3.63. The Morgan fingerprint density at radius 2 is 2.07 bits per heavy atom. The molecule has 0 fully saturated rings. The number of esters is 2. The molecule has 0 aromatic carbocycles. The molecule has 9 heteroatoms. The molecule has 3 aromatic rings. The molecule has 0 spiro atoms. The Bertz CT molecular complexity index is 1000. The summed E-state index contributed by atoms with van der Waals surface area (Å²) in [5.41, 5.74) is 2.13. The fourth-order valence-electron chi connectivity index (χ4n) is 2.91. The van der Waals surface area contributed by atoms with Crippen LogP contribution in [0.15, 0.2) is 17.8 Å². The molecular formula is C18H19N3O5S. The van der Waals surface area contributed by atoms with Gasteiger partial charge in [0.2, 0.25) is 5.78 Å². The highest BCUT2D eigenvalue weighted by Gasteiger charge is 2.27. The van der Waals surface area contributed by atoms with Crippen molar-refractivity contribution in [3.8, 4) is 0 Å². The number of H-pyrrole nitrogens is 1. The quantitative estimate of drug-likeness (QED) is 0.513. The van der Waals surface area contributed by atoms with Gasteiger partial charge in [0.1, 0.15) is 0 Å². The Kier molecular flexibility index (Phi) is 5.13. The second-order valence-corrected chi connectivity index (χ2v) is 6.99. The SMILES string of the molecule is COC(=O)c1c(C)[nH]c(C(=O)[C@H](C)OC(=O)Cc2cn3ccsc3n2)c1C. The lowest BCUT2D eigenvalue weighted by molar-refractivity contribution is -0.145. The van der Waals surface area contributed by atoms with Crippen molar-refractivity contribution in [3.63, 3.8) is 0 Å². The Morgan fingerprint density at radius 1 is 1.33 bits per heavy atom. The third-order valence-electron chi connectivity index (χ3n) is 4.22. The summed E-state index contributed by atoms with van der Waals surface area (Å²) in [5, 5.41) is 1.90. The highest BCUT2D eigenvalue weighted by molar-refractivity contribution is 7.15. The van der Waals surface area contributed by atoms with E-state index in [4.69, 9.17) is 9.47 Å². The molecule has 0 aliphatic carbocycles. The van der Waals surface area contributed by atoms with E-state index in [2.05, 4.69) is 9.97 Å². The number of hydrogen-bond acceptors (Lipinski definition) is 7. The van der Waals surface area contributed by atoms with E-state index in [9.17, 15) is 14.4 Å². The molecule has 3 rings (SSSR count). The largest absolute Gasteiger partial charge is 0.465 e. The van der Waals surface area contributed by atoms with Crippen LogP contribution in [0.3, 0.4) is 0 Å². The molecule has 0 saturated heterocycles. The molecule has 142 valence electrons. The van der Waals surface area contributed by atoms with Gasteiger partial charge in [-0.05, 0) is 26.3 Å². The summed E-state index contributed by atoms with van der Waals surface area (Å²) in [6.07, 6.45) is 2.58. The molecule has 0 aliphatic rings. The summed E-state index contributed by atoms with van der Waals surface area (Å²) < 4.78 is 11.8. The summed E-state index contributed by atoms with van der Waals surface area (Å²) in [4.78, 5) is 44.7. The minimum absolute atomic E-state index is 0.0256. The van der Waals surface area contributed by atoms with E-state index in [-0.39, 0.29) is 12.1 Å². The zero-order chi connectivity index (χ0) is 19.7. The topological polar surface area (TPSA) is 103 Å². The van der Waals surface area contributed by atoms with Gasteiger partial charge >= 0.3 is 11.9 Å². The summed E-state index contributed by atoms with van der Waals surface area (Å²) in [6.45, 7) is 4.83. The molecule has 0 radical (unpaired) electrons. The molecule has 8 nitrogen and oxygen atoms in total. The van der Waals surface area contributed by atoms with E-state index in [1.807, 2.05) is 16.0 Å². The van der Waals surface area contributed by atoms with Crippen molar-refractivity contribution in [3.05, 3.63) is 46.0 Å². The summed E-state index contributed by atoms with van der Waals surface area (Å²) in [5.74, 6) is -1.48. The van der Waals surface area contributed by atoms with E-state index in [1.54, 1.807) is 20.0 Å². The molecule has 27 heavy (non-hydrogen) atoms. The van der Waals surface area contributed by atoms with Crippen LogP contribution in [0, 0.1) is 13.8 Å². The molecule has 0 unspecified atom stereocenters. The normalized spacial score (nSPS) is 12.1. The van der Waals surface area contributed by atoms with Gasteiger partial charge in [-0.25, -0.2) is 9.78 Å². The van der Waals surface area contributed by atoms with Crippen molar-refractivity contribution in [2.45, 2.75) is 33.3 Å². The maximum atomic E-state index is 12.7. The first-order valence-electron chi connectivity index (χ1n) is 8.24. The maximum absolute atomic E-state index is 12.7. The first-order chi connectivity index (χ1) is 12.8. The van der Waals surface area contributed by atoms with Crippen LogP contribution in [0.1, 0.15) is 44.7 Å². The van der Waals surface area contributed by atoms with Crippen LogP contribution in [-0.4, -0.2) is 45.3 Å². The predicted octanol–water partition coefficient (Wildman–Crippen LogP) is 2.48. The first-order valence-corrected chi connectivity index (χ1v) is 9.12. The molecule has 0 amide bonds. The third-order valence-corrected chi connectivity index (χ3v) is 4.99. The Morgan fingerprint density at radius 3 is 2.74 bits per heavy atom. The van der Waals surface area contributed by atoms with Crippen LogP contribution in [0.4, 0.5) is 0 Å². The van der Waals surface area contributed by atoms with Gasteiger partial charge in [0.15, 0.2) is 11.1 Å². The lowest BCUT2D eigenvalue weighted by atomic mass is 10.1. The van der Waals surface area contributed by atoms with E-state index < -0.39 is 23.8 Å². The molecular weight excluding hydrogens is 370 g/mol. The summed E-state index contributed by atoms with van der Waals surface area (Å²) in [6, 6.07) is 0. The van der Waals surface area contributed by atoms with Crippen LogP contribution in [0.25, 0.3) is 4.96 Å². The summed E-state index contributed by atoms with van der Waals surface area (Å²) >= 11 is 1.46. The monoisotopic (exact) mass is 389 g/mol. The third kappa shape index (κ3) is 3.63. The van der Waals surface area contributed by atoms with Crippen LogP contribution in [0.5, 0.6) is 0 Å². The molecule has 3 heterocycles. The van der Waals surface area contributed by atoms with Gasteiger partial charge in [0.25, 0.3) is 0 Å². The van der Waals surface area contributed by atoms with Crippen molar-refractivity contribution in [1.82, 2.24) is 14.4 Å². The Balaban J connectivity index is 1.69. The van der Waals surface area contributed by atoms with Gasteiger partial charge in [-0.3, -0.25) is 14.0 Å². The number of methoxy groups -OCH3 is 1. The zero-order valence-corrected chi connectivity index (χ0v) is 16.2. The van der Waals surface area contributed by atoms with Gasteiger partial charge in [0, 0.05) is 23.5 Å². The van der Waals surface area contributed by atoms with Crippen LogP contribution in [0.2, 0.25) is 0 Å². The minimum atomic E-state index is -0.997. The van der Waals surface area contributed by atoms with Crippen LogP contribution >= 0.6 is 11.3 Å². The number of hydrogen-bond donors (Lipinski definition) is 1. The van der Waals surface area contributed by atoms with E-state index in [0.717, 1.165) is 4.96 Å². The van der Waals surface area contributed by atoms with Crippen molar-refractivity contribution in [2.24, 2.45) is 0 Å². The molecule has 0 bridgehead atoms. The van der Waals surface area contributed by atoms with E-state index in [0.29, 0.717) is 22.5 Å². The number of carbonyl (C=O) groups excluding carboxylic acids is 3. The highest BCUT2D eigenvalue weighted by Crippen LogP contribution is 2.21. The number of nitrogens with one attached hydrogen (secondary N) is 1. The standard InChI is InChI=1S/C18H19N3O5S/c1-9-14(17(24)25-4)10(2)19-15(9)16(23)11(3)26-13(22)7-12-8-21-5-6-27-18(21)20-12/h5-6,8,11,19H,7H2,1-4H3/t11-/m0/s1. The first kappa shape index (κ1) is 18.8. The maximum Gasteiger partial charge on any atom is 0.339 e. The number of carbonyl (C=O) groups is 3. The molecule has 0 aliphatic heterocycles.